The molecule has 0 amide bonds. The molecule has 2 bridgehead atoms. The predicted octanol–water partition coefficient (Wildman–Crippen LogP) is 2.35. The maximum Gasteiger partial charge on any atom is 0.166 e. The van der Waals surface area contributed by atoms with Crippen LogP contribution in [0.1, 0.15) is 26.2 Å². The van der Waals surface area contributed by atoms with Crippen molar-refractivity contribution < 1.29 is 9.47 Å². The third-order valence-corrected chi connectivity index (χ3v) is 3.95. The highest BCUT2D eigenvalue weighted by molar-refractivity contribution is 5.10. The van der Waals surface area contributed by atoms with Gasteiger partial charge in [-0.25, -0.2) is 0 Å². The standard InChI is InChI=1S/C12H18O2/c1-12(13-4-5-14-12)8-11-7-9-2-3-10(11)6-9/h2-3,9-11H,4-8H2,1H3. The van der Waals surface area contributed by atoms with Crippen molar-refractivity contribution in [1.82, 2.24) is 0 Å². The fourth-order valence-corrected chi connectivity index (χ4v) is 3.28. The van der Waals surface area contributed by atoms with Crippen molar-refractivity contribution in [3.8, 4) is 0 Å². The number of fused-ring (bicyclic) bond motifs is 2. The number of hydrogen-bond acceptors (Lipinski definition) is 2. The van der Waals surface area contributed by atoms with Crippen LogP contribution in [0.2, 0.25) is 0 Å². The van der Waals surface area contributed by atoms with Crippen molar-refractivity contribution in [2.24, 2.45) is 17.8 Å². The van der Waals surface area contributed by atoms with Crippen LogP contribution in [0, 0.1) is 17.8 Å². The summed E-state index contributed by atoms with van der Waals surface area (Å²) in [6, 6.07) is 0. The summed E-state index contributed by atoms with van der Waals surface area (Å²) in [5, 5.41) is 0. The summed E-state index contributed by atoms with van der Waals surface area (Å²) in [4.78, 5) is 0. The summed E-state index contributed by atoms with van der Waals surface area (Å²) in [7, 11) is 0. The van der Waals surface area contributed by atoms with E-state index in [0.29, 0.717) is 0 Å². The van der Waals surface area contributed by atoms with E-state index in [1.807, 2.05) is 0 Å². The second-order valence-corrected chi connectivity index (χ2v) is 5.08. The number of rotatable bonds is 2. The Balaban J connectivity index is 1.65. The van der Waals surface area contributed by atoms with Gasteiger partial charge < -0.3 is 9.47 Å². The SMILES string of the molecule is CC1(CC2CC3C=CC2C3)OCCO1. The summed E-state index contributed by atoms with van der Waals surface area (Å²) in [5.74, 6) is 2.19. The van der Waals surface area contributed by atoms with E-state index < -0.39 is 0 Å². The van der Waals surface area contributed by atoms with Crippen LogP contribution in [0.15, 0.2) is 12.2 Å². The van der Waals surface area contributed by atoms with Crippen LogP contribution in [0.5, 0.6) is 0 Å². The molecule has 1 aliphatic heterocycles. The average molecular weight is 194 g/mol. The van der Waals surface area contributed by atoms with Crippen molar-refractivity contribution >= 4 is 0 Å². The van der Waals surface area contributed by atoms with Crippen molar-refractivity contribution in [2.45, 2.75) is 32.0 Å². The van der Waals surface area contributed by atoms with E-state index in [9.17, 15) is 0 Å². The molecule has 3 rings (SSSR count). The van der Waals surface area contributed by atoms with Gasteiger partial charge in [0.15, 0.2) is 5.79 Å². The first-order valence-corrected chi connectivity index (χ1v) is 5.71. The lowest BCUT2D eigenvalue weighted by atomic mass is 9.87. The van der Waals surface area contributed by atoms with Gasteiger partial charge in [0.05, 0.1) is 13.2 Å². The molecule has 1 saturated heterocycles. The third-order valence-electron chi connectivity index (χ3n) is 3.95. The molecule has 78 valence electrons. The Kier molecular flexibility index (Phi) is 1.96. The van der Waals surface area contributed by atoms with Crippen molar-refractivity contribution in [3.63, 3.8) is 0 Å². The normalized spacial score (nSPS) is 43.6. The molecular formula is C12H18O2. The third kappa shape index (κ3) is 1.41. The second kappa shape index (κ2) is 3.07. The molecular weight excluding hydrogens is 176 g/mol. The summed E-state index contributed by atoms with van der Waals surface area (Å²) in [5.41, 5.74) is 0. The number of ether oxygens (including phenoxy) is 2. The molecule has 2 heteroatoms. The molecule has 0 aromatic heterocycles. The van der Waals surface area contributed by atoms with Crippen LogP contribution in [-0.4, -0.2) is 19.0 Å². The molecule has 0 aromatic rings. The Hall–Kier alpha value is -0.340. The fourth-order valence-electron chi connectivity index (χ4n) is 3.28. The molecule has 0 spiro atoms. The Morgan fingerprint density at radius 3 is 2.57 bits per heavy atom. The molecule has 14 heavy (non-hydrogen) atoms. The lowest BCUT2D eigenvalue weighted by Gasteiger charge is -2.28. The number of allylic oxidation sites excluding steroid dienone is 2. The van der Waals surface area contributed by atoms with Gasteiger partial charge in [-0.05, 0) is 37.5 Å². The van der Waals surface area contributed by atoms with E-state index in [2.05, 4.69) is 19.1 Å². The van der Waals surface area contributed by atoms with Gasteiger partial charge in [0.2, 0.25) is 0 Å². The van der Waals surface area contributed by atoms with E-state index in [1.54, 1.807) is 0 Å². The zero-order valence-corrected chi connectivity index (χ0v) is 8.74. The van der Waals surface area contributed by atoms with Gasteiger partial charge in [-0.1, -0.05) is 12.2 Å². The first-order valence-electron chi connectivity index (χ1n) is 5.71. The minimum atomic E-state index is -0.275. The Bertz CT molecular complexity index is 253. The van der Waals surface area contributed by atoms with Crippen LogP contribution >= 0.6 is 0 Å². The molecule has 2 nitrogen and oxygen atoms in total. The van der Waals surface area contributed by atoms with Crippen molar-refractivity contribution in [1.29, 1.82) is 0 Å². The van der Waals surface area contributed by atoms with E-state index in [0.717, 1.165) is 37.4 Å². The van der Waals surface area contributed by atoms with Gasteiger partial charge in [-0.2, -0.15) is 0 Å². The molecule has 3 atom stereocenters. The molecule has 1 heterocycles. The minimum Gasteiger partial charge on any atom is -0.348 e. The highest BCUT2D eigenvalue weighted by atomic mass is 16.7. The summed E-state index contributed by atoms with van der Waals surface area (Å²) >= 11 is 0. The van der Waals surface area contributed by atoms with Crippen LogP contribution in [0.3, 0.4) is 0 Å². The Morgan fingerprint density at radius 1 is 1.21 bits per heavy atom. The largest absolute Gasteiger partial charge is 0.348 e. The zero-order valence-electron chi connectivity index (χ0n) is 8.74. The average Bonchev–Trinajstić information content (AvgIpc) is 2.80. The smallest absolute Gasteiger partial charge is 0.166 e. The van der Waals surface area contributed by atoms with Crippen molar-refractivity contribution in [2.75, 3.05) is 13.2 Å². The number of hydrogen-bond donors (Lipinski definition) is 0. The predicted molar refractivity (Wildman–Crippen MR) is 53.8 cm³/mol. The highest BCUT2D eigenvalue weighted by Crippen LogP contribution is 2.47. The van der Waals surface area contributed by atoms with Gasteiger partial charge in [0.1, 0.15) is 0 Å². The van der Waals surface area contributed by atoms with Crippen LogP contribution in [0.4, 0.5) is 0 Å². The lowest BCUT2D eigenvalue weighted by Crippen LogP contribution is -2.30. The lowest BCUT2D eigenvalue weighted by molar-refractivity contribution is -0.156. The molecule has 0 aromatic carbocycles. The Labute approximate surface area is 85.3 Å². The van der Waals surface area contributed by atoms with Gasteiger partial charge in [-0.15, -0.1) is 0 Å². The van der Waals surface area contributed by atoms with Crippen molar-refractivity contribution in [3.05, 3.63) is 12.2 Å². The minimum absolute atomic E-state index is 0.275. The molecule has 2 fully saturated rings. The topological polar surface area (TPSA) is 18.5 Å². The fraction of sp³-hybridized carbons (Fsp3) is 0.833. The quantitative estimate of drug-likeness (QED) is 0.628. The zero-order chi connectivity index (χ0) is 9.60. The summed E-state index contributed by atoms with van der Waals surface area (Å²) in [6.07, 6.45) is 8.60. The summed E-state index contributed by atoms with van der Waals surface area (Å²) < 4.78 is 11.3. The second-order valence-electron chi connectivity index (χ2n) is 5.08. The Morgan fingerprint density at radius 2 is 2.00 bits per heavy atom. The molecule has 1 saturated carbocycles. The van der Waals surface area contributed by atoms with Crippen LogP contribution < -0.4 is 0 Å². The maximum absolute atomic E-state index is 5.66. The highest BCUT2D eigenvalue weighted by Gasteiger charge is 2.42. The molecule has 0 N–H and O–H groups in total. The first-order chi connectivity index (χ1) is 6.75. The van der Waals surface area contributed by atoms with E-state index in [-0.39, 0.29) is 5.79 Å². The van der Waals surface area contributed by atoms with Crippen LogP contribution in [0.25, 0.3) is 0 Å². The van der Waals surface area contributed by atoms with Gasteiger partial charge >= 0.3 is 0 Å². The van der Waals surface area contributed by atoms with E-state index >= 15 is 0 Å². The monoisotopic (exact) mass is 194 g/mol. The molecule has 3 unspecified atom stereocenters. The molecule has 3 aliphatic rings. The maximum atomic E-state index is 5.66. The first kappa shape index (κ1) is 8.93. The van der Waals surface area contributed by atoms with Crippen LogP contribution in [-0.2, 0) is 9.47 Å². The van der Waals surface area contributed by atoms with Gasteiger partial charge in [0, 0.05) is 6.42 Å². The molecule has 2 aliphatic carbocycles. The van der Waals surface area contributed by atoms with Gasteiger partial charge in [-0.3, -0.25) is 0 Å². The summed E-state index contributed by atoms with van der Waals surface area (Å²) in [6.45, 7) is 3.63. The van der Waals surface area contributed by atoms with Gasteiger partial charge in [0.25, 0.3) is 0 Å². The van der Waals surface area contributed by atoms with E-state index in [1.165, 1.54) is 12.8 Å². The van der Waals surface area contributed by atoms with E-state index in [4.69, 9.17) is 9.47 Å². The molecule has 0 radical (unpaired) electrons.